The van der Waals surface area contributed by atoms with Gasteiger partial charge in [0, 0.05) is 21.9 Å². The third-order valence-corrected chi connectivity index (χ3v) is 11.8. The lowest BCUT2D eigenvalue weighted by molar-refractivity contribution is 0.669. The van der Waals surface area contributed by atoms with Crippen LogP contribution in [0.25, 0.3) is 111 Å². The second kappa shape index (κ2) is 15.0. The monoisotopic (exact) mass is 781 g/mol. The number of nitrogens with zero attached hydrogens (tertiary/aromatic N) is 3. The second-order valence-electron chi connectivity index (χ2n) is 15.8. The van der Waals surface area contributed by atoms with Crippen LogP contribution in [0, 0.1) is 6.92 Å². The smallest absolute Gasteiger partial charge is 0.164 e. The predicted octanol–water partition coefficient (Wildman–Crippen LogP) is 15.3. The lowest BCUT2D eigenvalue weighted by Crippen LogP contribution is -2.02. The zero-order valence-electron chi connectivity index (χ0n) is 33.8. The standard InChI is InChI=1S/C57H39N3O/c1-36-31-49(50-17-10-18-52-54(50)51-30-29-48(35-53(51)61-52)47-27-22-39-12-7-9-16-45(39)34-47)28-25-43(36)32-37(2)55-58-56(41-13-4-3-5-14-41)60-57(59-55)42-23-19-40(20-24-42)46-26-21-38-11-6-8-15-44(38)33-46/h3-35H,1-2H3/b37-32+. The summed E-state index contributed by atoms with van der Waals surface area (Å²) in [5, 5.41) is 7.15. The van der Waals surface area contributed by atoms with E-state index >= 15 is 0 Å². The van der Waals surface area contributed by atoms with Gasteiger partial charge in [-0.15, -0.1) is 0 Å². The summed E-state index contributed by atoms with van der Waals surface area (Å²) in [5.41, 5.74) is 13.8. The Morgan fingerprint density at radius 2 is 0.984 bits per heavy atom. The number of hydrogen-bond donors (Lipinski definition) is 0. The maximum atomic E-state index is 6.51. The van der Waals surface area contributed by atoms with E-state index in [0.717, 1.165) is 72.0 Å². The van der Waals surface area contributed by atoms with E-state index in [4.69, 9.17) is 19.4 Å². The van der Waals surface area contributed by atoms with E-state index in [1.54, 1.807) is 0 Å². The summed E-state index contributed by atoms with van der Waals surface area (Å²) in [6, 6.07) is 68.3. The second-order valence-corrected chi connectivity index (χ2v) is 15.8. The highest BCUT2D eigenvalue weighted by atomic mass is 16.3. The van der Waals surface area contributed by atoms with Gasteiger partial charge in [0.25, 0.3) is 0 Å². The molecule has 61 heavy (non-hydrogen) atoms. The van der Waals surface area contributed by atoms with Crippen molar-refractivity contribution in [3.8, 4) is 56.2 Å². The van der Waals surface area contributed by atoms with Crippen molar-refractivity contribution in [1.82, 2.24) is 15.0 Å². The van der Waals surface area contributed by atoms with Gasteiger partial charge in [0.2, 0.25) is 0 Å². The van der Waals surface area contributed by atoms with Crippen molar-refractivity contribution in [1.29, 1.82) is 0 Å². The zero-order chi connectivity index (χ0) is 40.9. The Hall–Kier alpha value is -7.95. The minimum atomic E-state index is 0.638. The van der Waals surface area contributed by atoms with Crippen LogP contribution < -0.4 is 0 Å². The van der Waals surface area contributed by atoms with Crippen LogP contribution in [0.1, 0.15) is 23.9 Å². The topological polar surface area (TPSA) is 51.8 Å². The Morgan fingerprint density at radius 1 is 0.426 bits per heavy atom. The molecule has 0 saturated carbocycles. The zero-order valence-corrected chi connectivity index (χ0v) is 33.8. The van der Waals surface area contributed by atoms with E-state index in [9.17, 15) is 0 Å². The fourth-order valence-electron chi connectivity index (χ4n) is 8.50. The van der Waals surface area contributed by atoms with Crippen molar-refractivity contribution >= 4 is 55.1 Å². The van der Waals surface area contributed by atoms with Crippen LogP contribution in [-0.2, 0) is 0 Å². The Bertz CT molecular complexity index is 3490. The van der Waals surface area contributed by atoms with Gasteiger partial charge in [-0.2, -0.15) is 0 Å². The van der Waals surface area contributed by atoms with Crippen LogP contribution in [0.4, 0.5) is 0 Å². The maximum Gasteiger partial charge on any atom is 0.164 e. The van der Waals surface area contributed by atoms with E-state index in [1.807, 2.05) is 30.3 Å². The van der Waals surface area contributed by atoms with Crippen LogP contribution in [0.3, 0.4) is 0 Å². The molecule has 4 nitrogen and oxygen atoms in total. The molecule has 11 rings (SSSR count). The number of benzene rings is 9. The first-order valence-electron chi connectivity index (χ1n) is 20.7. The molecule has 0 spiro atoms. The van der Waals surface area contributed by atoms with E-state index in [1.165, 1.54) is 32.7 Å². The quantitative estimate of drug-likeness (QED) is 0.162. The largest absolute Gasteiger partial charge is 0.456 e. The Balaban J connectivity index is 0.920. The van der Waals surface area contributed by atoms with Crippen molar-refractivity contribution in [3.05, 3.63) is 211 Å². The average Bonchev–Trinajstić information content (AvgIpc) is 3.70. The van der Waals surface area contributed by atoms with Crippen molar-refractivity contribution in [2.24, 2.45) is 0 Å². The van der Waals surface area contributed by atoms with Crippen LogP contribution in [-0.4, -0.2) is 15.0 Å². The fraction of sp³-hybridized carbons (Fsp3) is 0.0351. The minimum absolute atomic E-state index is 0.638. The Kier molecular flexibility index (Phi) is 8.90. The van der Waals surface area contributed by atoms with Crippen molar-refractivity contribution in [3.63, 3.8) is 0 Å². The first-order valence-corrected chi connectivity index (χ1v) is 20.7. The third-order valence-electron chi connectivity index (χ3n) is 11.8. The number of aromatic nitrogens is 3. The number of furan rings is 1. The fourth-order valence-corrected chi connectivity index (χ4v) is 8.50. The summed E-state index contributed by atoms with van der Waals surface area (Å²) in [4.78, 5) is 15.1. The molecule has 0 fully saturated rings. The maximum absolute atomic E-state index is 6.51. The summed E-state index contributed by atoms with van der Waals surface area (Å²) >= 11 is 0. The van der Waals surface area contributed by atoms with Gasteiger partial charge in [-0.25, -0.2) is 15.0 Å². The van der Waals surface area contributed by atoms with Gasteiger partial charge in [-0.3, -0.25) is 0 Å². The third kappa shape index (κ3) is 6.84. The highest BCUT2D eigenvalue weighted by Gasteiger charge is 2.16. The Labute approximate surface area is 354 Å². The predicted molar refractivity (Wildman–Crippen MR) is 254 cm³/mol. The van der Waals surface area contributed by atoms with Crippen molar-refractivity contribution in [2.45, 2.75) is 13.8 Å². The van der Waals surface area contributed by atoms with Crippen LogP contribution >= 0.6 is 0 Å². The van der Waals surface area contributed by atoms with Crippen LogP contribution in [0.5, 0.6) is 0 Å². The summed E-state index contributed by atoms with van der Waals surface area (Å²) in [6.07, 6.45) is 2.18. The lowest BCUT2D eigenvalue weighted by Gasteiger charge is -2.11. The van der Waals surface area contributed by atoms with Gasteiger partial charge >= 0.3 is 0 Å². The van der Waals surface area contributed by atoms with E-state index in [-0.39, 0.29) is 0 Å². The molecule has 11 aromatic rings. The van der Waals surface area contributed by atoms with Gasteiger partial charge in [0.1, 0.15) is 11.2 Å². The molecular weight excluding hydrogens is 743 g/mol. The van der Waals surface area contributed by atoms with Gasteiger partial charge < -0.3 is 4.42 Å². The number of allylic oxidation sites excluding steroid dienone is 1. The molecule has 0 N–H and O–H groups in total. The van der Waals surface area contributed by atoms with Crippen LogP contribution in [0.2, 0.25) is 0 Å². The lowest BCUT2D eigenvalue weighted by atomic mass is 9.95. The first kappa shape index (κ1) is 36.2. The van der Waals surface area contributed by atoms with Crippen molar-refractivity contribution in [2.75, 3.05) is 0 Å². The molecule has 9 aromatic carbocycles. The van der Waals surface area contributed by atoms with E-state index < -0.39 is 0 Å². The molecule has 2 aromatic heterocycles. The molecule has 0 radical (unpaired) electrons. The van der Waals surface area contributed by atoms with Gasteiger partial charge in [-0.05, 0) is 122 Å². The van der Waals surface area contributed by atoms with Gasteiger partial charge in [-0.1, -0.05) is 164 Å². The average molecular weight is 782 g/mol. The minimum Gasteiger partial charge on any atom is -0.456 e. The van der Waals surface area contributed by atoms with E-state index in [2.05, 4.69) is 184 Å². The molecule has 0 unspecified atom stereocenters. The molecule has 0 saturated heterocycles. The molecule has 0 bridgehead atoms. The highest BCUT2D eigenvalue weighted by molar-refractivity contribution is 6.13. The number of aryl methyl sites for hydroxylation is 1. The first-order chi connectivity index (χ1) is 30.0. The molecule has 0 aliphatic rings. The van der Waals surface area contributed by atoms with Crippen LogP contribution in [0.15, 0.2) is 199 Å². The van der Waals surface area contributed by atoms with Gasteiger partial charge in [0.05, 0.1) is 0 Å². The normalized spacial score (nSPS) is 11.9. The summed E-state index contributed by atoms with van der Waals surface area (Å²) < 4.78 is 6.51. The highest BCUT2D eigenvalue weighted by Crippen LogP contribution is 2.39. The number of hydrogen-bond acceptors (Lipinski definition) is 4. The molecule has 0 aliphatic heterocycles. The molecule has 2 heterocycles. The molecule has 0 amide bonds. The summed E-state index contributed by atoms with van der Waals surface area (Å²) in [6.45, 7) is 4.24. The Morgan fingerprint density at radius 3 is 1.67 bits per heavy atom. The number of fused-ring (bicyclic) bond motifs is 5. The summed E-state index contributed by atoms with van der Waals surface area (Å²) in [5.74, 6) is 1.92. The van der Waals surface area contributed by atoms with E-state index in [0.29, 0.717) is 17.5 Å². The van der Waals surface area contributed by atoms with Gasteiger partial charge in [0.15, 0.2) is 17.5 Å². The molecule has 4 heteroatoms. The molecule has 0 atom stereocenters. The molecule has 288 valence electrons. The number of rotatable bonds is 7. The van der Waals surface area contributed by atoms with Crippen molar-refractivity contribution < 1.29 is 4.42 Å². The molecular formula is C57H39N3O. The SMILES string of the molecule is C/C(=C\c1ccc(-c2cccc3oc4cc(-c5ccc6ccccc6c5)ccc4c23)cc1C)c1nc(-c2ccccc2)nc(-c2ccc(-c3ccc4ccccc4c3)cc2)n1. The molecule has 0 aliphatic carbocycles. The summed E-state index contributed by atoms with van der Waals surface area (Å²) in [7, 11) is 0.